The summed E-state index contributed by atoms with van der Waals surface area (Å²) in [6, 6.07) is 0.0671. The Labute approximate surface area is 66.1 Å². The molecule has 3 heteroatoms. The standard InChI is InChI=1S/C8H13NO2/c1-5(2)3-6-7(10)8(9-6)4-11-8/h5-6,9H,3-4H2,1-2H3/t6-,8+/m0/s1. The summed E-state index contributed by atoms with van der Waals surface area (Å²) in [7, 11) is 0. The van der Waals surface area contributed by atoms with Crippen molar-refractivity contribution in [3.05, 3.63) is 0 Å². The van der Waals surface area contributed by atoms with Gasteiger partial charge in [0, 0.05) is 0 Å². The van der Waals surface area contributed by atoms with Crippen molar-refractivity contribution in [1.29, 1.82) is 0 Å². The van der Waals surface area contributed by atoms with E-state index in [0.29, 0.717) is 12.5 Å². The second kappa shape index (κ2) is 2.05. The molecule has 1 N–H and O–H groups in total. The summed E-state index contributed by atoms with van der Waals surface area (Å²) in [6.45, 7) is 4.82. The number of ketones is 1. The maximum absolute atomic E-state index is 11.3. The molecule has 0 aromatic heterocycles. The van der Waals surface area contributed by atoms with Gasteiger partial charge in [0.2, 0.25) is 5.72 Å². The second-order valence-electron chi connectivity index (χ2n) is 3.81. The molecule has 62 valence electrons. The van der Waals surface area contributed by atoms with Gasteiger partial charge in [0.05, 0.1) is 12.6 Å². The van der Waals surface area contributed by atoms with Crippen molar-refractivity contribution in [3.8, 4) is 0 Å². The average Bonchev–Trinajstić information content (AvgIpc) is 2.68. The van der Waals surface area contributed by atoms with Crippen LogP contribution in [-0.4, -0.2) is 24.2 Å². The Balaban J connectivity index is 1.87. The van der Waals surface area contributed by atoms with Gasteiger partial charge in [-0.2, -0.15) is 0 Å². The van der Waals surface area contributed by atoms with Gasteiger partial charge in [-0.1, -0.05) is 13.8 Å². The average molecular weight is 155 g/mol. The predicted octanol–water partition coefficient (Wildman–Crippen LogP) is 0.300. The van der Waals surface area contributed by atoms with Gasteiger partial charge in [0.25, 0.3) is 0 Å². The van der Waals surface area contributed by atoms with Crippen LogP contribution in [-0.2, 0) is 9.53 Å². The number of carbonyl (C=O) groups is 1. The smallest absolute Gasteiger partial charge is 0.204 e. The third kappa shape index (κ3) is 0.993. The fourth-order valence-corrected chi connectivity index (χ4v) is 1.56. The van der Waals surface area contributed by atoms with Crippen molar-refractivity contribution in [2.45, 2.75) is 32.0 Å². The van der Waals surface area contributed by atoms with Crippen molar-refractivity contribution in [1.82, 2.24) is 5.32 Å². The van der Waals surface area contributed by atoms with Crippen molar-refractivity contribution in [2.24, 2.45) is 5.92 Å². The van der Waals surface area contributed by atoms with E-state index in [1.807, 2.05) is 0 Å². The van der Waals surface area contributed by atoms with E-state index in [1.165, 1.54) is 0 Å². The van der Waals surface area contributed by atoms with E-state index in [9.17, 15) is 4.79 Å². The minimum absolute atomic E-state index is 0.0671. The zero-order chi connectivity index (χ0) is 8.06. The lowest BCUT2D eigenvalue weighted by Gasteiger charge is -2.33. The number of carbonyl (C=O) groups excluding carboxylic acids is 1. The number of ether oxygens (including phenoxy) is 1. The number of hydrogen-bond acceptors (Lipinski definition) is 3. The summed E-state index contributed by atoms with van der Waals surface area (Å²) in [4.78, 5) is 11.3. The van der Waals surface area contributed by atoms with Crippen LogP contribution in [0.2, 0.25) is 0 Å². The number of rotatable bonds is 2. The summed E-state index contributed by atoms with van der Waals surface area (Å²) in [5.41, 5.74) is -0.500. The van der Waals surface area contributed by atoms with E-state index < -0.39 is 5.72 Å². The molecule has 2 aliphatic heterocycles. The fraction of sp³-hybridized carbons (Fsp3) is 0.875. The molecule has 2 atom stereocenters. The number of nitrogens with one attached hydrogen (secondary N) is 1. The normalized spacial score (nSPS) is 41.4. The molecular weight excluding hydrogens is 142 g/mol. The molecule has 0 saturated carbocycles. The second-order valence-corrected chi connectivity index (χ2v) is 3.81. The van der Waals surface area contributed by atoms with E-state index in [-0.39, 0.29) is 11.8 Å². The molecule has 0 aliphatic carbocycles. The summed E-state index contributed by atoms with van der Waals surface area (Å²) in [6.07, 6.45) is 0.934. The molecule has 0 radical (unpaired) electrons. The van der Waals surface area contributed by atoms with Gasteiger partial charge < -0.3 is 4.74 Å². The van der Waals surface area contributed by atoms with Crippen molar-refractivity contribution >= 4 is 5.78 Å². The first-order valence-electron chi connectivity index (χ1n) is 4.10. The monoisotopic (exact) mass is 155 g/mol. The van der Waals surface area contributed by atoms with Gasteiger partial charge in [-0.3, -0.25) is 10.1 Å². The molecule has 3 nitrogen and oxygen atoms in total. The highest BCUT2D eigenvalue weighted by molar-refractivity contribution is 5.99. The van der Waals surface area contributed by atoms with Crippen LogP contribution in [0.1, 0.15) is 20.3 Å². The predicted molar refractivity (Wildman–Crippen MR) is 40.1 cm³/mol. The molecule has 2 heterocycles. The largest absolute Gasteiger partial charge is 0.346 e. The molecule has 2 aliphatic rings. The van der Waals surface area contributed by atoms with Crippen LogP contribution in [0.5, 0.6) is 0 Å². The summed E-state index contributed by atoms with van der Waals surface area (Å²) in [5, 5.41) is 3.14. The first kappa shape index (κ1) is 7.25. The van der Waals surface area contributed by atoms with Crippen LogP contribution in [0.25, 0.3) is 0 Å². The molecule has 2 saturated heterocycles. The van der Waals surface area contributed by atoms with Crippen molar-refractivity contribution in [3.63, 3.8) is 0 Å². The maximum Gasteiger partial charge on any atom is 0.204 e. The highest BCUT2D eigenvalue weighted by atomic mass is 16.6. The first-order chi connectivity index (χ1) is 5.14. The van der Waals surface area contributed by atoms with E-state index in [1.54, 1.807) is 0 Å². The van der Waals surface area contributed by atoms with E-state index in [4.69, 9.17) is 4.74 Å². The Morgan fingerprint density at radius 1 is 1.82 bits per heavy atom. The highest BCUT2D eigenvalue weighted by Gasteiger charge is 2.63. The lowest BCUT2D eigenvalue weighted by molar-refractivity contribution is -0.137. The SMILES string of the molecule is CC(C)C[C@@H]1N[C@@]2(CO2)C1=O. The summed E-state index contributed by atoms with van der Waals surface area (Å²) in [5.74, 6) is 0.832. The number of epoxide rings is 1. The van der Waals surface area contributed by atoms with E-state index in [2.05, 4.69) is 19.2 Å². The summed E-state index contributed by atoms with van der Waals surface area (Å²) >= 11 is 0. The van der Waals surface area contributed by atoms with Crippen LogP contribution < -0.4 is 5.32 Å². The zero-order valence-corrected chi connectivity index (χ0v) is 6.89. The molecule has 2 rings (SSSR count). The van der Waals surface area contributed by atoms with E-state index >= 15 is 0 Å². The number of hydrogen-bond donors (Lipinski definition) is 1. The third-order valence-electron chi connectivity index (χ3n) is 2.26. The molecule has 1 spiro atoms. The van der Waals surface area contributed by atoms with Crippen molar-refractivity contribution < 1.29 is 9.53 Å². The van der Waals surface area contributed by atoms with E-state index in [0.717, 1.165) is 6.42 Å². The lowest BCUT2D eigenvalue weighted by Crippen LogP contribution is -2.65. The Morgan fingerprint density at radius 3 is 2.82 bits per heavy atom. The number of Topliss-reactive ketones (excluding diaryl/α,β-unsaturated/α-hetero) is 1. The van der Waals surface area contributed by atoms with Crippen LogP contribution in [0.3, 0.4) is 0 Å². The van der Waals surface area contributed by atoms with Crippen LogP contribution in [0.15, 0.2) is 0 Å². The lowest BCUT2D eigenvalue weighted by atomic mass is 9.89. The van der Waals surface area contributed by atoms with Gasteiger partial charge in [0.1, 0.15) is 0 Å². The third-order valence-corrected chi connectivity index (χ3v) is 2.26. The molecule has 2 fully saturated rings. The minimum Gasteiger partial charge on any atom is -0.346 e. The first-order valence-corrected chi connectivity index (χ1v) is 4.10. The quantitative estimate of drug-likeness (QED) is 0.583. The van der Waals surface area contributed by atoms with Gasteiger partial charge in [-0.25, -0.2) is 0 Å². The van der Waals surface area contributed by atoms with Gasteiger partial charge >= 0.3 is 0 Å². The molecular formula is C8H13NO2. The minimum atomic E-state index is -0.500. The van der Waals surface area contributed by atoms with Crippen LogP contribution in [0.4, 0.5) is 0 Å². The topological polar surface area (TPSA) is 41.6 Å². The van der Waals surface area contributed by atoms with Gasteiger partial charge in [-0.05, 0) is 12.3 Å². The van der Waals surface area contributed by atoms with Crippen molar-refractivity contribution in [2.75, 3.05) is 6.61 Å². The van der Waals surface area contributed by atoms with Gasteiger partial charge in [-0.15, -0.1) is 0 Å². The molecule has 0 aromatic carbocycles. The Hall–Kier alpha value is -0.410. The molecule has 0 aromatic rings. The zero-order valence-electron chi connectivity index (χ0n) is 6.89. The Morgan fingerprint density at radius 2 is 2.45 bits per heavy atom. The summed E-state index contributed by atoms with van der Waals surface area (Å²) < 4.78 is 5.00. The Kier molecular flexibility index (Phi) is 1.35. The fourth-order valence-electron chi connectivity index (χ4n) is 1.56. The Bertz CT molecular complexity index is 194. The van der Waals surface area contributed by atoms with Crippen LogP contribution >= 0.6 is 0 Å². The molecule has 11 heavy (non-hydrogen) atoms. The van der Waals surface area contributed by atoms with Gasteiger partial charge in [0.15, 0.2) is 5.78 Å². The molecule has 0 unspecified atom stereocenters. The molecule has 0 amide bonds. The molecule has 0 bridgehead atoms. The van der Waals surface area contributed by atoms with Crippen LogP contribution in [0, 0.1) is 5.92 Å². The maximum atomic E-state index is 11.3. The highest BCUT2D eigenvalue weighted by Crippen LogP contribution is 2.36.